The Hall–Kier alpha value is -2.52. The van der Waals surface area contributed by atoms with Crippen LogP contribution >= 0.6 is 0 Å². The largest absolute Gasteiger partial charge is 0.462 e. The normalized spacial score (nSPS) is 30.8. The number of rotatable bonds is 18. The van der Waals surface area contributed by atoms with Gasteiger partial charge in [0.05, 0.1) is 31.7 Å². The summed E-state index contributed by atoms with van der Waals surface area (Å²) in [4.78, 5) is 48.4. The second kappa shape index (κ2) is 20.9. The zero-order valence-corrected chi connectivity index (χ0v) is 29.1. The van der Waals surface area contributed by atoms with E-state index in [0.29, 0.717) is 56.5 Å². The van der Waals surface area contributed by atoms with Crippen LogP contribution in [0.15, 0.2) is 25.3 Å². The number of allylic oxidation sites excluding steroid dienone is 1. The van der Waals surface area contributed by atoms with Gasteiger partial charge in [-0.3, -0.25) is 14.4 Å². The molecule has 0 N–H and O–H groups in total. The Balaban J connectivity index is 1.01. The number of ether oxygens (including phenoxy) is 5. The number of carbonyl (C=O) groups excluding carboxylic acids is 4. The van der Waals surface area contributed by atoms with Crippen LogP contribution in [0.2, 0.25) is 0 Å². The van der Waals surface area contributed by atoms with E-state index < -0.39 is 5.97 Å². The minimum absolute atomic E-state index is 0.00150. The van der Waals surface area contributed by atoms with Crippen molar-refractivity contribution in [2.75, 3.05) is 33.0 Å². The highest BCUT2D eigenvalue weighted by molar-refractivity contribution is 5.88. The molecule has 0 spiro atoms. The highest BCUT2D eigenvalue weighted by Crippen LogP contribution is 2.41. The van der Waals surface area contributed by atoms with Gasteiger partial charge in [-0.1, -0.05) is 13.2 Å². The molecule has 270 valence electrons. The minimum atomic E-state index is -0.449. The predicted molar refractivity (Wildman–Crippen MR) is 182 cm³/mol. The number of hydrogen-bond acceptors (Lipinski definition) is 9. The maximum Gasteiger partial charge on any atom is 0.330 e. The Morgan fingerprint density at radius 2 is 1.02 bits per heavy atom. The van der Waals surface area contributed by atoms with E-state index in [1.807, 2.05) is 0 Å². The van der Waals surface area contributed by atoms with Gasteiger partial charge in [0, 0.05) is 19.1 Å². The van der Waals surface area contributed by atoms with Crippen molar-refractivity contribution in [3.63, 3.8) is 0 Å². The van der Waals surface area contributed by atoms with Gasteiger partial charge in [-0.2, -0.15) is 0 Å². The lowest BCUT2D eigenvalue weighted by Crippen LogP contribution is -2.34. The van der Waals surface area contributed by atoms with E-state index in [1.54, 1.807) is 0 Å². The second-order valence-electron chi connectivity index (χ2n) is 14.7. The molecule has 0 aromatic carbocycles. The van der Waals surface area contributed by atoms with Gasteiger partial charge in [-0.15, -0.1) is 0 Å². The molecular formula is C39H60O9. The number of ketones is 1. The molecule has 4 fully saturated rings. The fourth-order valence-electron chi connectivity index (χ4n) is 8.31. The van der Waals surface area contributed by atoms with Gasteiger partial charge in [0.25, 0.3) is 0 Å². The summed E-state index contributed by atoms with van der Waals surface area (Å²) in [6.07, 6.45) is 19.8. The summed E-state index contributed by atoms with van der Waals surface area (Å²) in [6.45, 7) is 9.08. The first kappa shape index (κ1) is 38.3. The summed E-state index contributed by atoms with van der Waals surface area (Å²) in [7, 11) is 0. The molecule has 4 aliphatic rings. The smallest absolute Gasteiger partial charge is 0.330 e. The van der Waals surface area contributed by atoms with Crippen LogP contribution in [-0.4, -0.2) is 68.9 Å². The molecular weight excluding hydrogens is 612 g/mol. The monoisotopic (exact) mass is 672 g/mol. The van der Waals surface area contributed by atoms with E-state index in [1.165, 1.54) is 6.08 Å². The first-order chi connectivity index (χ1) is 23.3. The maximum atomic E-state index is 13.0. The van der Waals surface area contributed by atoms with E-state index in [2.05, 4.69) is 13.2 Å². The molecule has 0 heterocycles. The Labute approximate surface area is 287 Å². The van der Waals surface area contributed by atoms with Crippen LogP contribution < -0.4 is 0 Å². The van der Waals surface area contributed by atoms with E-state index >= 15 is 0 Å². The highest BCUT2D eigenvalue weighted by Gasteiger charge is 2.36. The first-order valence-corrected chi connectivity index (χ1v) is 18.9. The fourth-order valence-corrected chi connectivity index (χ4v) is 8.31. The van der Waals surface area contributed by atoms with Crippen LogP contribution in [0, 0.1) is 35.5 Å². The molecule has 0 bridgehead atoms. The lowest BCUT2D eigenvalue weighted by atomic mass is 9.72. The molecule has 4 saturated carbocycles. The SMILES string of the molecule is C=CC(=O)CCC1CCC(C(=O)OC2CCC(C3CCC(OC(=O)C4CCC(COCCOCCOC(=O)C=C)CC4)CC3)CC2)CC1. The van der Waals surface area contributed by atoms with E-state index in [0.717, 1.165) is 115 Å². The van der Waals surface area contributed by atoms with Crippen molar-refractivity contribution in [1.82, 2.24) is 0 Å². The van der Waals surface area contributed by atoms with Gasteiger partial charge in [-0.25, -0.2) is 4.79 Å². The zero-order valence-electron chi connectivity index (χ0n) is 29.1. The fraction of sp³-hybridized carbons (Fsp3) is 0.795. The third-order valence-electron chi connectivity index (χ3n) is 11.4. The van der Waals surface area contributed by atoms with Crippen LogP contribution in [0.1, 0.15) is 116 Å². The van der Waals surface area contributed by atoms with E-state index in [-0.39, 0.29) is 48.4 Å². The van der Waals surface area contributed by atoms with Crippen molar-refractivity contribution in [3.8, 4) is 0 Å². The molecule has 0 atom stereocenters. The van der Waals surface area contributed by atoms with Crippen molar-refractivity contribution >= 4 is 23.7 Å². The lowest BCUT2D eigenvalue weighted by molar-refractivity contribution is -0.160. The van der Waals surface area contributed by atoms with Crippen molar-refractivity contribution in [1.29, 1.82) is 0 Å². The molecule has 48 heavy (non-hydrogen) atoms. The molecule has 4 aliphatic carbocycles. The van der Waals surface area contributed by atoms with E-state index in [4.69, 9.17) is 23.7 Å². The first-order valence-electron chi connectivity index (χ1n) is 18.9. The van der Waals surface area contributed by atoms with Crippen molar-refractivity contribution in [2.24, 2.45) is 35.5 Å². The topological polar surface area (TPSA) is 114 Å². The third kappa shape index (κ3) is 13.1. The second-order valence-corrected chi connectivity index (χ2v) is 14.7. The predicted octanol–water partition coefficient (Wildman–Crippen LogP) is 7.10. The summed E-state index contributed by atoms with van der Waals surface area (Å²) in [5.74, 6) is 2.01. The summed E-state index contributed by atoms with van der Waals surface area (Å²) in [5.41, 5.74) is 0. The summed E-state index contributed by atoms with van der Waals surface area (Å²) in [5, 5.41) is 0. The molecule has 0 aromatic rings. The minimum Gasteiger partial charge on any atom is -0.462 e. The van der Waals surface area contributed by atoms with Gasteiger partial charge in [0.1, 0.15) is 18.8 Å². The Bertz CT molecular complexity index is 1020. The molecule has 0 amide bonds. The third-order valence-corrected chi connectivity index (χ3v) is 11.4. The lowest BCUT2D eigenvalue weighted by Gasteiger charge is -2.38. The van der Waals surface area contributed by atoms with E-state index in [9.17, 15) is 19.2 Å². The van der Waals surface area contributed by atoms with Crippen LogP contribution in [-0.2, 0) is 42.9 Å². The Morgan fingerprint density at radius 3 is 1.52 bits per heavy atom. The summed E-state index contributed by atoms with van der Waals surface area (Å²) < 4.78 is 28.1. The maximum absolute atomic E-state index is 13.0. The highest BCUT2D eigenvalue weighted by atomic mass is 16.6. The molecule has 9 nitrogen and oxygen atoms in total. The van der Waals surface area contributed by atoms with Crippen molar-refractivity contribution < 1.29 is 42.9 Å². The molecule has 4 rings (SSSR count). The Morgan fingerprint density at radius 1 is 0.542 bits per heavy atom. The zero-order chi connectivity index (χ0) is 34.1. The van der Waals surface area contributed by atoms with Gasteiger partial charge < -0.3 is 23.7 Å². The quantitative estimate of drug-likeness (QED) is 0.0651. The van der Waals surface area contributed by atoms with Crippen LogP contribution in [0.25, 0.3) is 0 Å². The average molecular weight is 673 g/mol. The number of esters is 3. The van der Waals surface area contributed by atoms with Gasteiger partial charge in [0.15, 0.2) is 5.78 Å². The average Bonchev–Trinajstić information content (AvgIpc) is 3.12. The molecule has 0 aliphatic heterocycles. The van der Waals surface area contributed by atoms with Crippen LogP contribution in [0.3, 0.4) is 0 Å². The van der Waals surface area contributed by atoms with Gasteiger partial charge in [0.2, 0.25) is 0 Å². The van der Waals surface area contributed by atoms with Crippen molar-refractivity contribution in [2.45, 2.75) is 128 Å². The molecule has 0 radical (unpaired) electrons. The molecule has 0 unspecified atom stereocenters. The standard InChI is InChI=1S/C39H60O9/c1-3-34(40)18-9-28-5-10-32(11-6-28)38(42)47-35-19-14-30(15-20-35)31-16-21-36(22-17-31)48-39(43)33-12-7-29(8-13-33)27-45-24-23-44-25-26-46-37(41)4-2/h3-4,28-33,35-36H,1-2,5-27H2. The van der Waals surface area contributed by atoms with Gasteiger partial charge in [-0.05, 0) is 139 Å². The van der Waals surface area contributed by atoms with Crippen molar-refractivity contribution in [3.05, 3.63) is 25.3 Å². The molecule has 0 aromatic heterocycles. The van der Waals surface area contributed by atoms with Crippen LogP contribution in [0.5, 0.6) is 0 Å². The number of carbonyl (C=O) groups is 4. The Kier molecular flexibility index (Phi) is 16.6. The van der Waals surface area contributed by atoms with Crippen LogP contribution in [0.4, 0.5) is 0 Å². The number of hydrogen-bond donors (Lipinski definition) is 0. The summed E-state index contributed by atoms with van der Waals surface area (Å²) >= 11 is 0. The van der Waals surface area contributed by atoms with Gasteiger partial charge >= 0.3 is 17.9 Å². The summed E-state index contributed by atoms with van der Waals surface area (Å²) in [6, 6.07) is 0. The molecule has 0 saturated heterocycles. The molecule has 9 heteroatoms.